The second kappa shape index (κ2) is 5.69. The van der Waals surface area contributed by atoms with Crippen LogP contribution in [0.5, 0.6) is 0 Å². The number of methoxy groups -OCH3 is 1. The van der Waals surface area contributed by atoms with Gasteiger partial charge in [-0.3, -0.25) is 0 Å². The molecule has 0 atom stereocenters. The third-order valence-corrected chi connectivity index (χ3v) is 1.39. The molecular weight excluding hydrogens is 126 g/mol. The Morgan fingerprint density at radius 1 is 1.40 bits per heavy atom. The summed E-state index contributed by atoms with van der Waals surface area (Å²) in [5.41, 5.74) is 5.11. The normalized spacial score (nSPS) is 17.7. The van der Waals surface area contributed by atoms with E-state index in [0.29, 0.717) is 12.1 Å². The maximum Gasteiger partial charge on any atom is 0.0571 e. The Morgan fingerprint density at radius 3 is 1.80 bits per heavy atom. The third kappa shape index (κ3) is 6.05. The first-order valence-electron chi connectivity index (χ1n) is 3.95. The van der Waals surface area contributed by atoms with Crippen molar-refractivity contribution in [1.82, 2.24) is 0 Å². The van der Waals surface area contributed by atoms with Crippen molar-refractivity contribution in [2.24, 2.45) is 5.73 Å². The first-order valence-corrected chi connectivity index (χ1v) is 3.95. The van der Waals surface area contributed by atoms with Crippen LogP contribution in [0.3, 0.4) is 0 Å². The van der Waals surface area contributed by atoms with Gasteiger partial charge in [0.15, 0.2) is 0 Å². The minimum absolute atomic E-state index is 0.333. The Balaban J connectivity index is 0.000000180. The molecule has 0 amide bonds. The highest BCUT2D eigenvalue weighted by Crippen LogP contribution is 2.20. The van der Waals surface area contributed by atoms with Gasteiger partial charge >= 0.3 is 0 Å². The minimum atomic E-state index is 0.333. The van der Waals surface area contributed by atoms with E-state index < -0.39 is 0 Å². The SMILES string of the molecule is CC(C)N.COC1CCC1. The lowest BCUT2D eigenvalue weighted by molar-refractivity contribution is 0.0412. The molecule has 0 bridgehead atoms. The lowest BCUT2D eigenvalue weighted by Gasteiger charge is -2.22. The van der Waals surface area contributed by atoms with E-state index in [-0.39, 0.29) is 0 Å². The standard InChI is InChI=1S/C5H10O.C3H9N/c1-6-5-3-2-4-5;1-3(2)4/h5H,2-4H2,1H3;3H,4H2,1-2H3. The van der Waals surface area contributed by atoms with E-state index in [0.717, 1.165) is 0 Å². The lowest BCUT2D eigenvalue weighted by Crippen LogP contribution is -2.18. The van der Waals surface area contributed by atoms with Crippen molar-refractivity contribution in [2.45, 2.75) is 45.3 Å². The maximum atomic E-state index is 5.11. The highest BCUT2D eigenvalue weighted by atomic mass is 16.5. The number of nitrogens with two attached hydrogens (primary N) is 1. The Bertz CT molecular complexity index is 64.1. The molecule has 0 radical (unpaired) electrons. The summed E-state index contributed by atoms with van der Waals surface area (Å²) in [7, 11) is 1.78. The predicted octanol–water partition coefficient (Wildman–Crippen LogP) is 1.54. The summed E-state index contributed by atoms with van der Waals surface area (Å²) in [4.78, 5) is 0. The Hall–Kier alpha value is -0.0800. The van der Waals surface area contributed by atoms with Crippen LogP contribution in [0.25, 0.3) is 0 Å². The van der Waals surface area contributed by atoms with Gasteiger partial charge in [-0.05, 0) is 25.3 Å². The van der Waals surface area contributed by atoms with Gasteiger partial charge in [0.25, 0.3) is 0 Å². The van der Waals surface area contributed by atoms with Gasteiger partial charge in [0.05, 0.1) is 6.10 Å². The first kappa shape index (κ1) is 9.92. The smallest absolute Gasteiger partial charge is 0.0571 e. The molecule has 62 valence electrons. The second-order valence-corrected chi connectivity index (χ2v) is 3.03. The molecule has 0 spiro atoms. The van der Waals surface area contributed by atoms with Gasteiger partial charge in [0.1, 0.15) is 0 Å². The zero-order valence-electron chi connectivity index (χ0n) is 7.26. The molecule has 0 aromatic heterocycles. The van der Waals surface area contributed by atoms with Crippen molar-refractivity contribution < 1.29 is 4.74 Å². The number of hydrogen-bond acceptors (Lipinski definition) is 2. The molecular formula is C8H19NO. The molecule has 0 aromatic rings. The summed E-state index contributed by atoms with van der Waals surface area (Å²) < 4.78 is 4.99. The predicted molar refractivity (Wildman–Crippen MR) is 44.0 cm³/mol. The van der Waals surface area contributed by atoms with Gasteiger partial charge in [-0.1, -0.05) is 13.8 Å². The van der Waals surface area contributed by atoms with E-state index in [1.165, 1.54) is 19.3 Å². The summed E-state index contributed by atoms with van der Waals surface area (Å²) in [6.45, 7) is 3.89. The molecule has 0 unspecified atom stereocenters. The van der Waals surface area contributed by atoms with Gasteiger partial charge in [-0.25, -0.2) is 0 Å². The van der Waals surface area contributed by atoms with E-state index in [4.69, 9.17) is 10.5 Å². The lowest BCUT2D eigenvalue weighted by atomic mass is 9.96. The van der Waals surface area contributed by atoms with Crippen molar-refractivity contribution in [3.63, 3.8) is 0 Å². The molecule has 0 aromatic carbocycles. The van der Waals surface area contributed by atoms with Crippen molar-refractivity contribution in [3.05, 3.63) is 0 Å². The molecule has 0 heterocycles. The van der Waals surface area contributed by atoms with Crippen LogP contribution in [-0.4, -0.2) is 19.3 Å². The quantitative estimate of drug-likeness (QED) is 0.607. The molecule has 2 heteroatoms. The topological polar surface area (TPSA) is 35.2 Å². The number of ether oxygens (including phenoxy) is 1. The zero-order valence-corrected chi connectivity index (χ0v) is 7.26. The van der Waals surface area contributed by atoms with Gasteiger partial charge in [-0.15, -0.1) is 0 Å². The summed E-state index contributed by atoms with van der Waals surface area (Å²) in [6, 6.07) is 0.333. The average molecular weight is 145 g/mol. The van der Waals surface area contributed by atoms with Crippen molar-refractivity contribution in [3.8, 4) is 0 Å². The van der Waals surface area contributed by atoms with E-state index in [2.05, 4.69) is 0 Å². The summed E-state index contributed by atoms with van der Waals surface area (Å²) >= 11 is 0. The molecule has 1 saturated carbocycles. The Labute approximate surface area is 63.7 Å². The van der Waals surface area contributed by atoms with Crippen LogP contribution in [-0.2, 0) is 4.74 Å². The van der Waals surface area contributed by atoms with Crippen LogP contribution in [0.15, 0.2) is 0 Å². The molecule has 1 aliphatic carbocycles. The summed E-state index contributed by atoms with van der Waals surface area (Å²) in [6.07, 6.45) is 4.57. The van der Waals surface area contributed by atoms with Crippen molar-refractivity contribution in [2.75, 3.05) is 7.11 Å². The summed E-state index contributed by atoms with van der Waals surface area (Å²) in [5, 5.41) is 0. The second-order valence-electron chi connectivity index (χ2n) is 3.03. The Kier molecular flexibility index (Phi) is 5.64. The number of hydrogen-bond donors (Lipinski definition) is 1. The average Bonchev–Trinajstić information content (AvgIpc) is 1.59. The molecule has 1 fully saturated rings. The summed E-state index contributed by atoms with van der Waals surface area (Å²) in [5.74, 6) is 0. The molecule has 10 heavy (non-hydrogen) atoms. The highest BCUT2D eigenvalue weighted by Gasteiger charge is 2.14. The minimum Gasteiger partial charge on any atom is -0.381 e. The molecule has 0 saturated heterocycles. The van der Waals surface area contributed by atoms with Gasteiger partial charge in [0.2, 0.25) is 0 Å². The fraction of sp³-hybridized carbons (Fsp3) is 1.00. The van der Waals surface area contributed by atoms with E-state index >= 15 is 0 Å². The van der Waals surface area contributed by atoms with Crippen LogP contribution in [0.4, 0.5) is 0 Å². The van der Waals surface area contributed by atoms with Crippen LogP contribution < -0.4 is 5.73 Å². The van der Waals surface area contributed by atoms with Crippen LogP contribution in [0.1, 0.15) is 33.1 Å². The number of rotatable bonds is 1. The van der Waals surface area contributed by atoms with Crippen LogP contribution in [0.2, 0.25) is 0 Å². The largest absolute Gasteiger partial charge is 0.381 e. The van der Waals surface area contributed by atoms with Crippen molar-refractivity contribution >= 4 is 0 Å². The molecule has 2 N–H and O–H groups in total. The third-order valence-electron chi connectivity index (χ3n) is 1.39. The van der Waals surface area contributed by atoms with Gasteiger partial charge < -0.3 is 10.5 Å². The molecule has 2 nitrogen and oxygen atoms in total. The van der Waals surface area contributed by atoms with Crippen molar-refractivity contribution in [1.29, 1.82) is 0 Å². The fourth-order valence-electron chi connectivity index (χ4n) is 0.606. The van der Waals surface area contributed by atoms with Crippen LogP contribution in [0, 0.1) is 0 Å². The van der Waals surface area contributed by atoms with Gasteiger partial charge in [-0.2, -0.15) is 0 Å². The fourth-order valence-corrected chi connectivity index (χ4v) is 0.606. The molecule has 1 aliphatic rings. The molecule has 1 rings (SSSR count). The highest BCUT2D eigenvalue weighted by molar-refractivity contribution is 4.67. The van der Waals surface area contributed by atoms with Gasteiger partial charge in [0, 0.05) is 7.11 Å². The molecule has 0 aliphatic heterocycles. The van der Waals surface area contributed by atoms with E-state index in [1.807, 2.05) is 13.8 Å². The van der Waals surface area contributed by atoms with Crippen LogP contribution >= 0.6 is 0 Å². The zero-order chi connectivity index (χ0) is 7.98. The Morgan fingerprint density at radius 2 is 1.80 bits per heavy atom. The monoisotopic (exact) mass is 145 g/mol. The van der Waals surface area contributed by atoms with E-state index in [9.17, 15) is 0 Å². The van der Waals surface area contributed by atoms with E-state index in [1.54, 1.807) is 7.11 Å². The first-order chi connectivity index (χ1) is 4.66. The maximum absolute atomic E-state index is 5.11.